The largest absolute Gasteiger partial charge is 0.497 e. The molecule has 21 heavy (non-hydrogen) atoms. The van der Waals surface area contributed by atoms with Gasteiger partial charge in [0.2, 0.25) is 10.0 Å². The van der Waals surface area contributed by atoms with Gasteiger partial charge in [-0.25, -0.2) is 13.1 Å². The number of hydrogen-bond acceptors (Lipinski definition) is 4. The number of methoxy groups -OCH3 is 1. The van der Waals surface area contributed by atoms with E-state index >= 15 is 0 Å². The minimum atomic E-state index is -3.60. The topological polar surface area (TPSA) is 80.6 Å². The van der Waals surface area contributed by atoms with E-state index in [0.29, 0.717) is 5.69 Å². The Hall–Kier alpha value is -1.83. The van der Waals surface area contributed by atoms with Gasteiger partial charge in [0, 0.05) is 25.5 Å². The molecule has 0 aliphatic heterocycles. The lowest BCUT2D eigenvalue weighted by molar-refractivity contribution is 0.272. The molecule has 0 amide bonds. The van der Waals surface area contributed by atoms with Gasteiger partial charge >= 0.3 is 0 Å². The summed E-state index contributed by atoms with van der Waals surface area (Å²) in [6.45, 7) is -0.0137. The highest BCUT2D eigenvalue weighted by atomic mass is 32.2. The molecule has 0 radical (unpaired) electrons. The summed E-state index contributed by atoms with van der Waals surface area (Å²) in [4.78, 5) is 0.141. The molecule has 2 N–H and O–H groups in total. The molecule has 0 aliphatic rings. The van der Waals surface area contributed by atoms with Crippen molar-refractivity contribution in [2.75, 3.05) is 7.11 Å². The maximum Gasteiger partial charge on any atom is 0.242 e. The Balaban J connectivity index is 2.09. The molecule has 1 heterocycles. The first-order valence-electron chi connectivity index (χ1n) is 6.35. The number of aliphatic hydroxyl groups excluding tert-OH is 1. The Morgan fingerprint density at radius 2 is 1.95 bits per heavy atom. The van der Waals surface area contributed by atoms with Crippen LogP contribution in [0.4, 0.5) is 0 Å². The molecule has 114 valence electrons. The fourth-order valence-corrected chi connectivity index (χ4v) is 3.00. The first-order valence-corrected chi connectivity index (χ1v) is 7.83. The van der Waals surface area contributed by atoms with Crippen molar-refractivity contribution in [3.05, 3.63) is 47.8 Å². The summed E-state index contributed by atoms with van der Waals surface area (Å²) in [6, 6.07) is 8.60. The van der Waals surface area contributed by atoms with Crippen LogP contribution in [-0.2, 0) is 30.2 Å². The number of benzene rings is 1. The number of nitrogens with zero attached hydrogens (tertiary/aromatic N) is 1. The van der Waals surface area contributed by atoms with Crippen molar-refractivity contribution >= 4 is 10.0 Å². The van der Waals surface area contributed by atoms with Gasteiger partial charge in [-0.2, -0.15) is 0 Å². The molecular weight excluding hydrogens is 292 g/mol. The summed E-state index contributed by atoms with van der Waals surface area (Å²) in [5.41, 5.74) is 1.37. The molecule has 6 nitrogen and oxygen atoms in total. The molecule has 0 saturated carbocycles. The lowest BCUT2D eigenvalue weighted by Gasteiger charge is -2.06. The third kappa shape index (κ3) is 3.63. The van der Waals surface area contributed by atoms with E-state index in [4.69, 9.17) is 9.84 Å². The normalized spacial score (nSPS) is 11.6. The van der Waals surface area contributed by atoms with Crippen LogP contribution >= 0.6 is 0 Å². The molecule has 0 fully saturated rings. The van der Waals surface area contributed by atoms with E-state index < -0.39 is 10.0 Å². The van der Waals surface area contributed by atoms with Crippen molar-refractivity contribution in [3.63, 3.8) is 0 Å². The predicted octanol–water partition coefficient (Wildman–Crippen LogP) is 1.00. The van der Waals surface area contributed by atoms with Gasteiger partial charge in [-0.1, -0.05) is 12.1 Å². The molecule has 0 atom stereocenters. The Morgan fingerprint density at radius 3 is 2.48 bits per heavy atom. The summed E-state index contributed by atoms with van der Waals surface area (Å²) in [5, 5.41) is 9.11. The van der Waals surface area contributed by atoms with Gasteiger partial charge in [-0.15, -0.1) is 0 Å². The summed E-state index contributed by atoms with van der Waals surface area (Å²) in [5.74, 6) is 0.720. The van der Waals surface area contributed by atoms with Crippen LogP contribution < -0.4 is 9.46 Å². The number of ether oxygens (including phenoxy) is 1. The molecule has 1 aromatic heterocycles. The first-order chi connectivity index (χ1) is 9.96. The highest BCUT2D eigenvalue weighted by molar-refractivity contribution is 7.89. The zero-order chi connectivity index (χ0) is 15.5. The monoisotopic (exact) mass is 310 g/mol. The van der Waals surface area contributed by atoms with Crippen LogP contribution in [0.2, 0.25) is 0 Å². The van der Waals surface area contributed by atoms with Gasteiger partial charge in [-0.05, 0) is 23.8 Å². The van der Waals surface area contributed by atoms with E-state index in [1.165, 1.54) is 12.3 Å². The van der Waals surface area contributed by atoms with E-state index in [2.05, 4.69) is 4.72 Å². The van der Waals surface area contributed by atoms with Crippen LogP contribution in [0.5, 0.6) is 5.75 Å². The smallest absolute Gasteiger partial charge is 0.242 e. The summed E-state index contributed by atoms with van der Waals surface area (Å²) in [6.07, 6.45) is 1.47. The van der Waals surface area contributed by atoms with Crippen LogP contribution in [-0.4, -0.2) is 25.2 Å². The van der Waals surface area contributed by atoms with Crippen LogP contribution in [0.25, 0.3) is 0 Å². The highest BCUT2D eigenvalue weighted by Gasteiger charge is 2.17. The number of rotatable bonds is 6. The molecule has 2 aromatic rings. The second kappa shape index (κ2) is 6.30. The fourth-order valence-electron chi connectivity index (χ4n) is 1.89. The molecular formula is C14H18N2O4S. The number of hydrogen-bond donors (Lipinski definition) is 2. The molecule has 7 heteroatoms. The van der Waals surface area contributed by atoms with Crippen molar-refractivity contribution in [1.29, 1.82) is 0 Å². The number of nitrogens with one attached hydrogen (secondary N) is 1. The first kappa shape index (κ1) is 15.6. The van der Waals surface area contributed by atoms with E-state index in [9.17, 15) is 8.42 Å². The Bertz CT molecular complexity index is 705. The predicted molar refractivity (Wildman–Crippen MR) is 78.4 cm³/mol. The minimum Gasteiger partial charge on any atom is -0.497 e. The SMILES string of the molecule is COc1ccc(CNS(=O)(=O)c2cc(CO)n(C)c2)cc1. The molecule has 2 rings (SSSR count). The van der Waals surface area contributed by atoms with Gasteiger partial charge in [0.25, 0.3) is 0 Å². The van der Waals surface area contributed by atoms with Crippen molar-refractivity contribution < 1.29 is 18.3 Å². The highest BCUT2D eigenvalue weighted by Crippen LogP contribution is 2.15. The van der Waals surface area contributed by atoms with E-state index in [0.717, 1.165) is 11.3 Å². The second-order valence-electron chi connectivity index (χ2n) is 4.61. The van der Waals surface area contributed by atoms with Crippen molar-refractivity contribution in [3.8, 4) is 5.75 Å². The Labute approximate surface area is 124 Å². The number of aromatic nitrogens is 1. The number of sulfonamides is 1. The number of aryl methyl sites for hydroxylation is 1. The Morgan fingerprint density at radius 1 is 1.29 bits per heavy atom. The van der Waals surface area contributed by atoms with Gasteiger partial charge in [0.05, 0.1) is 18.6 Å². The lowest BCUT2D eigenvalue weighted by Crippen LogP contribution is -2.22. The van der Waals surface area contributed by atoms with Crippen molar-refractivity contribution in [1.82, 2.24) is 9.29 Å². The third-order valence-electron chi connectivity index (χ3n) is 3.18. The van der Waals surface area contributed by atoms with E-state index in [-0.39, 0.29) is 18.0 Å². The lowest BCUT2D eigenvalue weighted by atomic mass is 10.2. The van der Waals surface area contributed by atoms with Crippen LogP contribution in [0.3, 0.4) is 0 Å². The van der Waals surface area contributed by atoms with Gasteiger partial charge in [-0.3, -0.25) is 0 Å². The average molecular weight is 310 g/mol. The molecule has 1 aromatic carbocycles. The summed E-state index contributed by atoms with van der Waals surface area (Å²) < 4.78 is 33.5. The maximum atomic E-state index is 12.2. The minimum absolute atomic E-state index is 0.141. The molecule has 0 bridgehead atoms. The fraction of sp³-hybridized carbons (Fsp3) is 0.286. The Kier molecular flexibility index (Phi) is 4.66. The molecule has 0 saturated heterocycles. The van der Waals surface area contributed by atoms with Crippen LogP contribution in [0.15, 0.2) is 41.4 Å². The summed E-state index contributed by atoms with van der Waals surface area (Å²) >= 11 is 0. The average Bonchev–Trinajstić information content (AvgIpc) is 2.88. The van der Waals surface area contributed by atoms with Crippen LogP contribution in [0.1, 0.15) is 11.3 Å². The zero-order valence-electron chi connectivity index (χ0n) is 11.9. The van der Waals surface area contributed by atoms with Crippen molar-refractivity contribution in [2.45, 2.75) is 18.0 Å². The molecule has 0 spiro atoms. The third-order valence-corrected chi connectivity index (χ3v) is 4.55. The van der Waals surface area contributed by atoms with Gasteiger partial charge in [0.15, 0.2) is 0 Å². The number of aliphatic hydroxyl groups is 1. The maximum absolute atomic E-state index is 12.2. The van der Waals surface area contributed by atoms with Gasteiger partial charge < -0.3 is 14.4 Å². The molecule has 0 unspecified atom stereocenters. The molecule has 0 aliphatic carbocycles. The standard InChI is InChI=1S/C14H18N2O4S/c1-16-9-14(7-12(16)10-17)21(18,19)15-8-11-3-5-13(20-2)6-4-11/h3-7,9,15,17H,8,10H2,1-2H3. The zero-order valence-corrected chi connectivity index (χ0v) is 12.7. The summed E-state index contributed by atoms with van der Waals surface area (Å²) in [7, 11) is -0.335. The second-order valence-corrected chi connectivity index (χ2v) is 6.38. The van der Waals surface area contributed by atoms with Crippen molar-refractivity contribution in [2.24, 2.45) is 7.05 Å². The van der Waals surface area contributed by atoms with Gasteiger partial charge in [0.1, 0.15) is 5.75 Å². The van der Waals surface area contributed by atoms with Crippen LogP contribution in [0, 0.1) is 0 Å². The van der Waals surface area contributed by atoms with E-state index in [1.54, 1.807) is 43.0 Å². The quantitative estimate of drug-likeness (QED) is 0.834. The van der Waals surface area contributed by atoms with E-state index in [1.807, 2.05) is 0 Å².